The zero-order chi connectivity index (χ0) is 26.5. The van der Waals surface area contributed by atoms with Crippen LogP contribution in [-0.2, 0) is 0 Å². The number of piperazine rings is 1. The lowest BCUT2D eigenvalue weighted by Crippen LogP contribution is -2.47. The van der Waals surface area contributed by atoms with E-state index < -0.39 is 0 Å². The monoisotopic (exact) mass is 514 g/mol. The van der Waals surface area contributed by atoms with Gasteiger partial charge in [0, 0.05) is 61.1 Å². The molecule has 0 aliphatic carbocycles. The first kappa shape index (κ1) is 25.5. The number of carbonyl (C=O) groups is 1. The Bertz CT molecular complexity index is 1460. The van der Waals surface area contributed by atoms with Gasteiger partial charge in [-0.1, -0.05) is 18.2 Å². The number of fused-ring (bicyclic) bond motifs is 1. The van der Waals surface area contributed by atoms with Gasteiger partial charge in [-0.3, -0.25) is 19.1 Å². The van der Waals surface area contributed by atoms with Gasteiger partial charge in [-0.15, -0.1) is 0 Å². The highest BCUT2D eigenvalue weighted by atomic mass is 19.1. The zero-order valence-corrected chi connectivity index (χ0v) is 21.4. The molecule has 0 radical (unpaired) electrons. The Labute approximate surface area is 221 Å². The second-order valence-electron chi connectivity index (χ2n) is 9.38. The van der Waals surface area contributed by atoms with Crippen LogP contribution in [0, 0.1) is 5.82 Å². The first-order valence-corrected chi connectivity index (χ1v) is 12.8. The van der Waals surface area contributed by atoms with Crippen molar-refractivity contribution in [2.45, 2.75) is 6.42 Å². The Morgan fingerprint density at radius 2 is 1.55 bits per heavy atom. The molecule has 0 unspecified atom stereocenters. The molecule has 8 heteroatoms. The molecule has 0 atom stereocenters. The summed E-state index contributed by atoms with van der Waals surface area (Å²) in [7, 11) is 1.59. The van der Waals surface area contributed by atoms with Crippen LogP contribution in [0.25, 0.3) is 16.5 Å². The summed E-state index contributed by atoms with van der Waals surface area (Å²) in [4.78, 5) is 31.1. The number of ether oxygens (including phenoxy) is 1. The van der Waals surface area contributed by atoms with Crippen LogP contribution in [-0.4, -0.2) is 61.8 Å². The number of hydrogen-bond donors (Lipinski definition) is 1. The second-order valence-corrected chi connectivity index (χ2v) is 9.38. The molecular formula is C30H31FN4O3. The quantitative estimate of drug-likeness (QED) is 0.359. The summed E-state index contributed by atoms with van der Waals surface area (Å²) in [6.45, 7) is 5.02. The van der Waals surface area contributed by atoms with Gasteiger partial charge >= 0.3 is 0 Å². The second kappa shape index (κ2) is 11.5. The molecule has 4 aromatic rings. The highest BCUT2D eigenvalue weighted by Crippen LogP contribution is 2.20. The number of carbonyl (C=O) groups excluding carboxylic acids is 1. The van der Waals surface area contributed by atoms with Gasteiger partial charge in [0.1, 0.15) is 11.6 Å². The summed E-state index contributed by atoms with van der Waals surface area (Å²) in [5.41, 5.74) is 1.99. The van der Waals surface area contributed by atoms with Crippen molar-refractivity contribution in [2.75, 3.05) is 51.3 Å². The minimum absolute atomic E-state index is 0.179. The lowest BCUT2D eigenvalue weighted by molar-refractivity contribution is 0.0952. The van der Waals surface area contributed by atoms with Crippen LogP contribution < -0.4 is 20.5 Å². The minimum atomic E-state index is -0.220. The predicted octanol–water partition coefficient (Wildman–Crippen LogP) is 4.08. The molecule has 3 aromatic carbocycles. The van der Waals surface area contributed by atoms with E-state index in [-0.39, 0.29) is 17.3 Å². The summed E-state index contributed by atoms with van der Waals surface area (Å²) in [6.07, 6.45) is 2.44. The summed E-state index contributed by atoms with van der Waals surface area (Å²) in [5, 5.41) is 4.17. The van der Waals surface area contributed by atoms with Gasteiger partial charge in [0.15, 0.2) is 0 Å². The summed E-state index contributed by atoms with van der Waals surface area (Å²) >= 11 is 0. The van der Waals surface area contributed by atoms with Gasteiger partial charge in [0.05, 0.1) is 12.7 Å². The van der Waals surface area contributed by atoms with Gasteiger partial charge in [0.25, 0.3) is 11.5 Å². The van der Waals surface area contributed by atoms with Gasteiger partial charge in [-0.05, 0) is 67.6 Å². The van der Waals surface area contributed by atoms with E-state index in [4.69, 9.17) is 4.74 Å². The SMILES string of the molecule is COc1ccc(-n2cc(C(=O)NCCCN3CCN(c4ccc(F)cc4)CC3)c3ccccc3c2=O)cc1. The molecule has 1 N–H and O–H groups in total. The molecular weight excluding hydrogens is 483 g/mol. The van der Waals surface area contributed by atoms with Crippen LogP contribution in [0.3, 0.4) is 0 Å². The molecule has 0 saturated carbocycles. The first-order valence-electron chi connectivity index (χ1n) is 12.8. The number of nitrogens with zero attached hydrogens (tertiary/aromatic N) is 3. The van der Waals surface area contributed by atoms with E-state index in [2.05, 4.69) is 15.1 Å². The van der Waals surface area contributed by atoms with Crippen molar-refractivity contribution in [1.29, 1.82) is 0 Å². The number of amides is 1. The highest BCUT2D eigenvalue weighted by molar-refractivity contribution is 6.06. The third kappa shape index (κ3) is 5.55. The van der Waals surface area contributed by atoms with Crippen molar-refractivity contribution in [3.05, 3.63) is 101 Å². The van der Waals surface area contributed by atoms with Gasteiger partial charge in [-0.2, -0.15) is 0 Å². The van der Waals surface area contributed by atoms with Crippen LogP contribution in [0.2, 0.25) is 0 Å². The Balaban J connectivity index is 1.21. The lowest BCUT2D eigenvalue weighted by Gasteiger charge is -2.36. The molecule has 1 aliphatic heterocycles. The third-order valence-corrected chi connectivity index (χ3v) is 7.02. The molecule has 1 amide bonds. The maximum Gasteiger partial charge on any atom is 0.262 e. The van der Waals surface area contributed by atoms with Crippen LogP contribution >= 0.6 is 0 Å². The number of benzene rings is 3. The Morgan fingerprint density at radius 3 is 2.24 bits per heavy atom. The van der Waals surface area contributed by atoms with Crippen molar-refractivity contribution in [3.8, 4) is 11.4 Å². The zero-order valence-electron chi connectivity index (χ0n) is 21.4. The van der Waals surface area contributed by atoms with Gasteiger partial charge in [0.2, 0.25) is 0 Å². The average molecular weight is 515 g/mol. The standard InChI is InChI=1S/C30H31FN4O3/c1-38-25-13-11-24(12-14-25)35-21-28(26-5-2-3-6-27(26)30(35)37)29(36)32-15-4-16-33-17-19-34(20-18-33)23-9-7-22(31)8-10-23/h2-3,5-14,21H,4,15-20H2,1H3,(H,32,36). The fourth-order valence-electron chi connectivity index (χ4n) is 4.89. The normalized spacial score (nSPS) is 14.0. The molecule has 5 rings (SSSR count). The summed E-state index contributed by atoms with van der Waals surface area (Å²) in [6, 6.07) is 21.0. The number of anilines is 1. The van der Waals surface area contributed by atoms with Crippen LogP contribution in [0.4, 0.5) is 10.1 Å². The fourth-order valence-corrected chi connectivity index (χ4v) is 4.89. The molecule has 1 aromatic heterocycles. The number of pyridine rings is 1. The van der Waals surface area contributed by atoms with E-state index in [0.717, 1.165) is 44.8 Å². The van der Waals surface area contributed by atoms with Crippen LogP contribution in [0.1, 0.15) is 16.8 Å². The van der Waals surface area contributed by atoms with E-state index in [0.29, 0.717) is 34.3 Å². The number of rotatable bonds is 8. The minimum Gasteiger partial charge on any atom is -0.497 e. The largest absolute Gasteiger partial charge is 0.497 e. The number of aromatic nitrogens is 1. The number of methoxy groups -OCH3 is 1. The molecule has 0 bridgehead atoms. The molecule has 1 fully saturated rings. The topological polar surface area (TPSA) is 66.8 Å². The van der Waals surface area contributed by atoms with E-state index >= 15 is 0 Å². The molecule has 7 nitrogen and oxygen atoms in total. The fraction of sp³-hybridized carbons (Fsp3) is 0.267. The summed E-state index contributed by atoms with van der Waals surface area (Å²) in [5.74, 6) is 0.268. The molecule has 0 spiro atoms. The third-order valence-electron chi connectivity index (χ3n) is 7.02. The van der Waals surface area contributed by atoms with Crippen molar-refractivity contribution in [2.24, 2.45) is 0 Å². The average Bonchev–Trinajstić information content (AvgIpc) is 2.96. The molecule has 38 heavy (non-hydrogen) atoms. The van der Waals surface area contributed by atoms with E-state index in [9.17, 15) is 14.0 Å². The van der Waals surface area contributed by atoms with Crippen molar-refractivity contribution in [3.63, 3.8) is 0 Å². The number of hydrogen-bond acceptors (Lipinski definition) is 5. The Morgan fingerprint density at radius 1 is 0.895 bits per heavy atom. The van der Waals surface area contributed by atoms with Gasteiger partial charge < -0.3 is 15.0 Å². The van der Waals surface area contributed by atoms with E-state index in [1.807, 2.05) is 24.3 Å². The maximum absolute atomic E-state index is 13.2. The predicted molar refractivity (Wildman–Crippen MR) is 148 cm³/mol. The van der Waals surface area contributed by atoms with E-state index in [1.54, 1.807) is 49.7 Å². The first-order chi connectivity index (χ1) is 18.5. The Kier molecular flexibility index (Phi) is 7.70. The highest BCUT2D eigenvalue weighted by Gasteiger charge is 2.18. The smallest absolute Gasteiger partial charge is 0.262 e. The van der Waals surface area contributed by atoms with Crippen LogP contribution in [0.5, 0.6) is 5.75 Å². The van der Waals surface area contributed by atoms with E-state index in [1.165, 1.54) is 16.7 Å². The Hall–Kier alpha value is -4.17. The van der Waals surface area contributed by atoms with Crippen molar-refractivity contribution in [1.82, 2.24) is 14.8 Å². The summed E-state index contributed by atoms with van der Waals surface area (Å²) < 4.78 is 19.9. The number of halogens is 1. The molecule has 1 aliphatic rings. The van der Waals surface area contributed by atoms with Crippen LogP contribution in [0.15, 0.2) is 83.8 Å². The van der Waals surface area contributed by atoms with Gasteiger partial charge in [-0.25, -0.2) is 4.39 Å². The lowest BCUT2D eigenvalue weighted by atomic mass is 10.1. The molecule has 2 heterocycles. The molecule has 196 valence electrons. The molecule has 1 saturated heterocycles. The maximum atomic E-state index is 13.2. The van der Waals surface area contributed by atoms with Crippen molar-refractivity contribution >= 4 is 22.4 Å². The number of nitrogens with one attached hydrogen (secondary N) is 1. The van der Waals surface area contributed by atoms with Crippen molar-refractivity contribution < 1.29 is 13.9 Å².